The number of aldehydes is 1. The summed E-state index contributed by atoms with van der Waals surface area (Å²) in [5, 5.41) is 18.2. The summed E-state index contributed by atoms with van der Waals surface area (Å²) in [6.07, 6.45) is -0.0581. The first kappa shape index (κ1) is 11.6. The molecule has 0 aromatic carbocycles. The predicted molar refractivity (Wildman–Crippen MR) is 47.6 cm³/mol. The van der Waals surface area contributed by atoms with Crippen LogP contribution in [0, 0.1) is 0 Å². The van der Waals surface area contributed by atoms with Gasteiger partial charge in [0.25, 0.3) is 0 Å². The zero-order valence-corrected chi connectivity index (χ0v) is 8.13. The number of carbonyl (C=O) groups excluding carboxylic acids is 1. The molecule has 1 aliphatic rings. The minimum atomic E-state index is -0.760. The van der Waals surface area contributed by atoms with E-state index < -0.39 is 19.0 Å². The van der Waals surface area contributed by atoms with E-state index in [1.165, 1.54) is 0 Å². The van der Waals surface area contributed by atoms with Crippen LogP contribution in [0.4, 0.5) is 0 Å². The number of aliphatic hydroxyl groups excluding tert-OH is 2. The van der Waals surface area contributed by atoms with E-state index in [9.17, 15) is 9.90 Å². The van der Waals surface area contributed by atoms with E-state index in [2.05, 4.69) is 0 Å². The molecule has 5 heteroatoms. The average Bonchev–Trinajstić information content (AvgIpc) is 2.50. The molecule has 0 radical (unpaired) electrons. The molecule has 1 rings (SSSR count). The summed E-state index contributed by atoms with van der Waals surface area (Å²) in [5.41, 5.74) is 0. The molecule has 4 atom stereocenters. The lowest BCUT2D eigenvalue weighted by atomic mass is 10.2. The van der Waals surface area contributed by atoms with Crippen LogP contribution >= 0.6 is 0 Å². The average molecular weight is 204 g/mol. The number of hydrogen-bond acceptors (Lipinski definition) is 5. The fraction of sp³-hybridized carbons (Fsp3) is 0.889. The lowest BCUT2D eigenvalue weighted by Crippen LogP contribution is -2.35. The Labute approximate surface area is 82.6 Å². The second-order valence-electron chi connectivity index (χ2n) is 3.42. The Bertz CT molecular complexity index is 184. The van der Waals surface area contributed by atoms with Crippen molar-refractivity contribution in [2.24, 2.45) is 0 Å². The standard InChI is InChI=1S/C9H16O5/c1-6(4-10)14-8-3-2-7(9(8)12)13-5-11/h4,6-9,11-12H,2-3,5H2,1H3/t6?,7?,8-,9?/m1/s1. The molecule has 14 heavy (non-hydrogen) atoms. The van der Waals surface area contributed by atoms with Crippen molar-refractivity contribution in [2.75, 3.05) is 6.79 Å². The summed E-state index contributed by atoms with van der Waals surface area (Å²) in [4.78, 5) is 10.3. The van der Waals surface area contributed by atoms with Gasteiger partial charge in [0.1, 0.15) is 25.3 Å². The quantitative estimate of drug-likeness (QED) is 0.464. The zero-order chi connectivity index (χ0) is 10.6. The third-order valence-electron chi connectivity index (χ3n) is 2.37. The molecule has 0 aromatic heterocycles. The Hall–Kier alpha value is -0.490. The summed E-state index contributed by atoms with van der Waals surface area (Å²) in [6, 6.07) is 0. The van der Waals surface area contributed by atoms with Crippen LogP contribution < -0.4 is 0 Å². The highest BCUT2D eigenvalue weighted by Crippen LogP contribution is 2.25. The van der Waals surface area contributed by atoms with E-state index in [4.69, 9.17) is 14.6 Å². The van der Waals surface area contributed by atoms with Crippen molar-refractivity contribution >= 4 is 6.29 Å². The van der Waals surface area contributed by atoms with Crippen LogP contribution in [-0.2, 0) is 14.3 Å². The Morgan fingerprint density at radius 2 is 2.14 bits per heavy atom. The highest BCUT2D eigenvalue weighted by molar-refractivity contribution is 5.55. The number of rotatable bonds is 5. The van der Waals surface area contributed by atoms with Crippen LogP contribution in [0.25, 0.3) is 0 Å². The lowest BCUT2D eigenvalue weighted by Gasteiger charge is -2.20. The van der Waals surface area contributed by atoms with Crippen molar-refractivity contribution < 1.29 is 24.5 Å². The number of carbonyl (C=O) groups is 1. The summed E-state index contributed by atoms with van der Waals surface area (Å²) in [5.74, 6) is 0. The van der Waals surface area contributed by atoms with E-state index in [1.807, 2.05) is 0 Å². The molecular formula is C9H16O5. The van der Waals surface area contributed by atoms with Crippen molar-refractivity contribution in [3.63, 3.8) is 0 Å². The summed E-state index contributed by atoms with van der Waals surface area (Å²) in [7, 11) is 0. The molecule has 3 unspecified atom stereocenters. The van der Waals surface area contributed by atoms with E-state index in [0.717, 1.165) is 0 Å². The maximum atomic E-state index is 10.3. The molecule has 5 nitrogen and oxygen atoms in total. The van der Waals surface area contributed by atoms with Crippen LogP contribution in [0.15, 0.2) is 0 Å². The first-order valence-corrected chi connectivity index (χ1v) is 4.70. The van der Waals surface area contributed by atoms with E-state index in [0.29, 0.717) is 19.1 Å². The van der Waals surface area contributed by atoms with E-state index >= 15 is 0 Å². The summed E-state index contributed by atoms with van der Waals surface area (Å²) in [6.45, 7) is 1.22. The monoisotopic (exact) mass is 204 g/mol. The summed E-state index contributed by atoms with van der Waals surface area (Å²) < 4.78 is 10.2. The van der Waals surface area contributed by atoms with Crippen molar-refractivity contribution in [1.29, 1.82) is 0 Å². The molecule has 0 amide bonds. The molecule has 0 bridgehead atoms. The van der Waals surface area contributed by atoms with Crippen LogP contribution in [0.3, 0.4) is 0 Å². The minimum absolute atomic E-state index is 0.369. The highest BCUT2D eigenvalue weighted by Gasteiger charge is 2.36. The molecule has 0 heterocycles. The van der Waals surface area contributed by atoms with Crippen LogP contribution in [0.1, 0.15) is 19.8 Å². The molecule has 0 aromatic rings. The molecule has 0 spiro atoms. The molecule has 1 aliphatic carbocycles. The van der Waals surface area contributed by atoms with Gasteiger partial charge in [-0.25, -0.2) is 0 Å². The van der Waals surface area contributed by atoms with Crippen molar-refractivity contribution in [1.82, 2.24) is 0 Å². The number of aliphatic hydroxyl groups is 2. The van der Waals surface area contributed by atoms with Gasteiger partial charge < -0.3 is 24.5 Å². The minimum Gasteiger partial charge on any atom is -0.388 e. The Morgan fingerprint density at radius 1 is 1.50 bits per heavy atom. The van der Waals surface area contributed by atoms with Gasteiger partial charge >= 0.3 is 0 Å². The lowest BCUT2D eigenvalue weighted by molar-refractivity contribution is -0.135. The Morgan fingerprint density at radius 3 is 2.71 bits per heavy atom. The van der Waals surface area contributed by atoms with Crippen molar-refractivity contribution in [3.05, 3.63) is 0 Å². The van der Waals surface area contributed by atoms with Gasteiger partial charge in [0.15, 0.2) is 0 Å². The van der Waals surface area contributed by atoms with Crippen LogP contribution in [0.2, 0.25) is 0 Å². The summed E-state index contributed by atoms with van der Waals surface area (Å²) >= 11 is 0. The largest absolute Gasteiger partial charge is 0.388 e. The fourth-order valence-electron chi connectivity index (χ4n) is 1.64. The maximum absolute atomic E-state index is 10.3. The smallest absolute Gasteiger partial charge is 0.148 e. The van der Waals surface area contributed by atoms with E-state index in [-0.39, 0.29) is 12.2 Å². The third kappa shape index (κ3) is 2.75. The molecule has 0 aliphatic heterocycles. The molecule has 1 saturated carbocycles. The molecule has 2 N–H and O–H groups in total. The molecule has 1 fully saturated rings. The predicted octanol–water partition coefficient (Wildman–Crippen LogP) is -0.551. The first-order chi connectivity index (χ1) is 6.69. The third-order valence-corrected chi connectivity index (χ3v) is 2.37. The van der Waals surface area contributed by atoms with Gasteiger partial charge in [-0.15, -0.1) is 0 Å². The molecule has 82 valence electrons. The van der Waals surface area contributed by atoms with Gasteiger partial charge in [-0.1, -0.05) is 0 Å². The first-order valence-electron chi connectivity index (χ1n) is 4.70. The SMILES string of the molecule is CC(C=O)O[C@@H]1CCC(OCO)C1O. The second kappa shape index (κ2) is 5.41. The van der Waals surface area contributed by atoms with Crippen molar-refractivity contribution in [2.45, 2.75) is 44.2 Å². The highest BCUT2D eigenvalue weighted by atomic mass is 16.6. The Kier molecular flexibility index (Phi) is 4.47. The molecular weight excluding hydrogens is 188 g/mol. The normalized spacial score (nSPS) is 34.4. The van der Waals surface area contributed by atoms with Crippen LogP contribution in [0.5, 0.6) is 0 Å². The Balaban J connectivity index is 2.38. The van der Waals surface area contributed by atoms with Gasteiger partial charge in [0.2, 0.25) is 0 Å². The number of hydrogen-bond donors (Lipinski definition) is 2. The van der Waals surface area contributed by atoms with Gasteiger partial charge in [-0.3, -0.25) is 0 Å². The molecule has 0 saturated heterocycles. The van der Waals surface area contributed by atoms with Gasteiger partial charge in [-0.2, -0.15) is 0 Å². The van der Waals surface area contributed by atoms with Gasteiger partial charge in [-0.05, 0) is 19.8 Å². The van der Waals surface area contributed by atoms with E-state index in [1.54, 1.807) is 6.92 Å². The van der Waals surface area contributed by atoms with Crippen LogP contribution in [-0.4, -0.2) is 47.7 Å². The van der Waals surface area contributed by atoms with Gasteiger partial charge in [0.05, 0.1) is 12.2 Å². The zero-order valence-electron chi connectivity index (χ0n) is 8.13. The van der Waals surface area contributed by atoms with Gasteiger partial charge in [0, 0.05) is 0 Å². The maximum Gasteiger partial charge on any atom is 0.148 e. The topological polar surface area (TPSA) is 76.0 Å². The number of ether oxygens (including phenoxy) is 2. The fourth-order valence-corrected chi connectivity index (χ4v) is 1.64. The van der Waals surface area contributed by atoms with Crippen molar-refractivity contribution in [3.8, 4) is 0 Å². The second-order valence-corrected chi connectivity index (χ2v) is 3.42.